The van der Waals surface area contributed by atoms with Crippen molar-refractivity contribution in [3.8, 4) is 0 Å². The molecule has 0 spiro atoms. The molecule has 0 saturated carbocycles. The molecule has 0 aliphatic heterocycles. The number of benzene rings is 1. The molecular weight excluding hydrogens is 216 g/mol. The average Bonchev–Trinajstić information content (AvgIpc) is 2.61. The fourth-order valence-electron chi connectivity index (χ4n) is 2.05. The van der Waals surface area contributed by atoms with E-state index in [0.717, 1.165) is 22.1 Å². The zero-order chi connectivity index (χ0) is 12.4. The van der Waals surface area contributed by atoms with E-state index in [1.165, 1.54) is 0 Å². The molecule has 0 aliphatic rings. The minimum atomic E-state index is -0.0253. The number of carbonyl (C=O) groups excluding carboxylic acids is 1. The van der Waals surface area contributed by atoms with Crippen LogP contribution in [0.1, 0.15) is 23.7 Å². The predicted octanol–water partition coefficient (Wildman–Crippen LogP) is 2.12. The van der Waals surface area contributed by atoms with Gasteiger partial charge in [-0.1, -0.05) is 11.2 Å². The molecule has 2 aromatic rings. The van der Waals surface area contributed by atoms with Crippen LogP contribution in [0.5, 0.6) is 0 Å². The summed E-state index contributed by atoms with van der Waals surface area (Å²) in [7, 11) is 0. The molecule has 17 heavy (non-hydrogen) atoms. The summed E-state index contributed by atoms with van der Waals surface area (Å²) in [5, 5.41) is 7.70. The third-order valence-corrected chi connectivity index (χ3v) is 2.69. The molecule has 4 heteroatoms. The van der Waals surface area contributed by atoms with Gasteiger partial charge in [0, 0.05) is 11.9 Å². The third-order valence-electron chi connectivity index (χ3n) is 2.69. The highest BCUT2D eigenvalue weighted by molar-refractivity contribution is 5.88. The van der Waals surface area contributed by atoms with Gasteiger partial charge in [0.15, 0.2) is 5.58 Å². The number of hydrogen-bond donors (Lipinski definition) is 1. The van der Waals surface area contributed by atoms with E-state index < -0.39 is 0 Å². The van der Waals surface area contributed by atoms with E-state index in [1.807, 2.05) is 26.8 Å². The Kier molecular flexibility index (Phi) is 3.13. The summed E-state index contributed by atoms with van der Waals surface area (Å²) in [4.78, 5) is 11.5. The highest BCUT2D eigenvalue weighted by Crippen LogP contribution is 2.24. The first-order chi connectivity index (χ1) is 8.11. The maximum Gasteiger partial charge on any atom is 0.226 e. The van der Waals surface area contributed by atoms with Crippen molar-refractivity contribution in [3.63, 3.8) is 0 Å². The van der Waals surface area contributed by atoms with Crippen molar-refractivity contribution in [2.75, 3.05) is 6.54 Å². The number of aryl methyl sites for hydroxylation is 2. The van der Waals surface area contributed by atoms with Crippen LogP contribution in [-0.2, 0) is 11.2 Å². The van der Waals surface area contributed by atoms with Crippen LogP contribution >= 0.6 is 0 Å². The first kappa shape index (κ1) is 11.6. The van der Waals surface area contributed by atoms with E-state index in [4.69, 9.17) is 4.52 Å². The summed E-state index contributed by atoms with van der Waals surface area (Å²) in [6, 6.07) is 4.01. The second-order valence-electron chi connectivity index (χ2n) is 4.21. The number of rotatable bonds is 3. The Morgan fingerprint density at radius 2 is 2.18 bits per heavy atom. The van der Waals surface area contributed by atoms with E-state index in [2.05, 4.69) is 16.5 Å². The molecule has 0 aliphatic carbocycles. The van der Waals surface area contributed by atoms with Crippen LogP contribution < -0.4 is 5.32 Å². The summed E-state index contributed by atoms with van der Waals surface area (Å²) in [6.45, 7) is 6.55. The Hall–Kier alpha value is -1.84. The van der Waals surface area contributed by atoms with Gasteiger partial charge < -0.3 is 9.84 Å². The molecule has 1 aromatic carbocycles. The van der Waals surface area contributed by atoms with Gasteiger partial charge in [-0.25, -0.2) is 0 Å². The van der Waals surface area contributed by atoms with Gasteiger partial charge in [0.1, 0.15) is 5.69 Å². The zero-order valence-electron chi connectivity index (χ0n) is 10.3. The van der Waals surface area contributed by atoms with Crippen LogP contribution in [0.3, 0.4) is 0 Å². The first-order valence-electron chi connectivity index (χ1n) is 5.74. The Labute approximate surface area is 100.0 Å². The zero-order valence-corrected chi connectivity index (χ0v) is 10.3. The molecule has 1 N–H and O–H groups in total. The number of aromatic nitrogens is 1. The lowest BCUT2D eigenvalue weighted by atomic mass is 10.0. The van der Waals surface area contributed by atoms with Gasteiger partial charge in [0.25, 0.3) is 0 Å². The van der Waals surface area contributed by atoms with E-state index in [0.29, 0.717) is 12.2 Å². The minimum absolute atomic E-state index is 0.0253. The Morgan fingerprint density at radius 3 is 2.88 bits per heavy atom. The van der Waals surface area contributed by atoms with Crippen molar-refractivity contribution in [2.45, 2.75) is 27.2 Å². The van der Waals surface area contributed by atoms with E-state index in [-0.39, 0.29) is 12.3 Å². The number of amides is 1. The van der Waals surface area contributed by atoms with Crippen LogP contribution in [0.4, 0.5) is 0 Å². The minimum Gasteiger partial charge on any atom is -0.356 e. The Morgan fingerprint density at radius 1 is 1.41 bits per heavy atom. The third kappa shape index (κ3) is 2.30. The Bertz CT molecular complexity index is 558. The van der Waals surface area contributed by atoms with Crippen LogP contribution in [0.15, 0.2) is 16.7 Å². The molecule has 0 saturated heterocycles. The van der Waals surface area contributed by atoms with Gasteiger partial charge in [-0.05, 0) is 38.0 Å². The molecule has 4 nitrogen and oxygen atoms in total. The van der Waals surface area contributed by atoms with Crippen molar-refractivity contribution in [1.82, 2.24) is 10.5 Å². The lowest BCUT2D eigenvalue weighted by Crippen LogP contribution is -2.24. The monoisotopic (exact) mass is 232 g/mol. The lowest BCUT2D eigenvalue weighted by molar-refractivity contribution is -0.120. The van der Waals surface area contributed by atoms with Crippen molar-refractivity contribution >= 4 is 16.9 Å². The first-order valence-corrected chi connectivity index (χ1v) is 5.74. The second-order valence-corrected chi connectivity index (χ2v) is 4.21. The van der Waals surface area contributed by atoms with Gasteiger partial charge in [0.05, 0.1) is 6.42 Å². The number of likely N-dealkylation sites (N-methyl/N-ethyl adjacent to an activating group) is 1. The highest BCUT2D eigenvalue weighted by Gasteiger charge is 2.14. The van der Waals surface area contributed by atoms with E-state index >= 15 is 0 Å². The predicted molar refractivity (Wildman–Crippen MR) is 65.9 cm³/mol. The maximum atomic E-state index is 11.5. The van der Waals surface area contributed by atoms with E-state index in [1.54, 1.807) is 0 Å². The molecule has 0 atom stereocenters. The molecule has 1 heterocycles. The smallest absolute Gasteiger partial charge is 0.226 e. The Balaban J connectivity index is 2.39. The second kappa shape index (κ2) is 4.57. The van der Waals surface area contributed by atoms with E-state index in [9.17, 15) is 4.79 Å². The van der Waals surface area contributed by atoms with Crippen LogP contribution in [-0.4, -0.2) is 17.6 Å². The molecule has 0 fully saturated rings. The summed E-state index contributed by atoms with van der Waals surface area (Å²) in [5.41, 5.74) is 3.70. The molecule has 0 radical (unpaired) electrons. The van der Waals surface area contributed by atoms with Crippen molar-refractivity contribution < 1.29 is 9.32 Å². The normalized spacial score (nSPS) is 10.8. The molecular formula is C13H16N2O2. The van der Waals surface area contributed by atoms with Crippen LogP contribution in [0, 0.1) is 13.8 Å². The van der Waals surface area contributed by atoms with Gasteiger partial charge >= 0.3 is 0 Å². The molecule has 1 amide bonds. The quantitative estimate of drug-likeness (QED) is 0.881. The molecule has 2 rings (SSSR count). The van der Waals surface area contributed by atoms with Crippen molar-refractivity contribution in [2.24, 2.45) is 0 Å². The number of hydrogen-bond acceptors (Lipinski definition) is 3. The SMILES string of the molecule is CCNC(=O)Cc1noc2cc(C)cc(C)c12. The summed E-state index contributed by atoms with van der Waals surface area (Å²) in [5.74, 6) is -0.0253. The largest absolute Gasteiger partial charge is 0.356 e. The summed E-state index contributed by atoms with van der Waals surface area (Å²) < 4.78 is 5.26. The topological polar surface area (TPSA) is 55.1 Å². The molecule has 0 unspecified atom stereocenters. The number of nitrogens with one attached hydrogen (secondary N) is 1. The summed E-state index contributed by atoms with van der Waals surface area (Å²) in [6.07, 6.45) is 0.269. The van der Waals surface area contributed by atoms with Gasteiger partial charge in [-0.3, -0.25) is 4.79 Å². The van der Waals surface area contributed by atoms with Gasteiger partial charge in [-0.15, -0.1) is 0 Å². The number of nitrogens with zero attached hydrogens (tertiary/aromatic N) is 1. The van der Waals surface area contributed by atoms with Crippen molar-refractivity contribution in [1.29, 1.82) is 0 Å². The van der Waals surface area contributed by atoms with Gasteiger partial charge in [0.2, 0.25) is 5.91 Å². The molecule has 90 valence electrons. The van der Waals surface area contributed by atoms with Crippen LogP contribution in [0.25, 0.3) is 11.0 Å². The maximum absolute atomic E-state index is 11.5. The lowest BCUT2D eigenvalue weighted by Gasteiger charge is -2.01. The standard InChI is InChI=1S/C13H16N2O2/c1-4-14-12(16)7-10-13-9(3)5-8(2)6-11(13)17-15-10/h5-6H,4,7H2,1-3H3,(H,14,16). The number of fused-ring (bicyclic) bond motifs is 1. The fraction of sp³-hybridized carbons (Fsp3) is 0.385. The molecule has 0 bridgehead atoms. The van der Waals surface area contributed by atoms with Crippen LogP contribution in [0.2, 0.25) is 0 Å². The highest BCUT2D eigenvalue weighted by atomic mass is 16.5. The van der Waals surface area contributed by atoms with Crippen molar-refractivity contribution in [3.05, 3.63) is 29.0 Å². The molecule has 1 aromatic heterocycles. The summed E-state index contributed by atoms with van der Waals surface area (Å²) >= 11 is 0. The fourth-order valence-corrected chi connectivity index (χ4v) is 2.05. The van der Waals surface area contributed by atoms with Gasteiger partial charge in [-0.2, -0.15) is 0 Å². The average molecular weight is 232 g/mol. The number of carbonyl (C=O) groups is 1.